The number of nitrogens with two attached hydrogens (primary N) is 1. The zero-order valence-corrected chi connectivity index (χ0v) is 10.5. The van der Waals surface area contributed by atoms with E-state index < -0.39 is 0 Å². The first-order valence-corrected chi connectivity index (χ1v) is 6.42. The van der Waals surface area contributed by atoms with Crippen LogP contribution in [0.25, 0.3) is 0 Å². The van der Waals surface area contributed by atoms with E-state index in [1.54, 1.807) is 6.26 Å². The molecule has 1 heterocycles. The number of anilines is 1. The monoisotopic (exact) mass is 240 g/mol. The van der Waals surface area contributed by atoms with Gasteiger partial charge in [-0.2, -0.15) is 12.6 Å². The highest BCUT2D eigenvalue weighted by atomic mass is 32.1. The molecule has 2 rings (SSSR count). The SMILES string of the molecule is CS.Nc1ccc(OC2CCNCC2)cc1. The molecule has 90 valence electrons. The first-order chi connectivity index (χ1) is 7.84. The van der Waals surface area contributed by atoms with Gasteiger partial charge in [0, 0.05) is 5.69 Å². The van der Waals surface area contributed by atoms with Gasteiger partial charge >= 0.3 is 0 Å². The Bertz CT molecular complexity index is 284. The molecule has 3 N–H and O–H groups in total. The third-order valence-electron chi connectivity index (χ3n) is 2.47. The minimum Gasteiger partial charge on any atom is -0.490 e. The first-order valence-electron chi connectivity index (χ1n) is 5.52. The van der Waals surface area contributed by atoms with Crippen LogP contribution < -0.4 is 15.8 Å². The van der Waals surface area contributed by atoms with Crippen molar-refractivity contribution in [1.29, 1.82) is 0 Å². The van der Waals surface area contributed by atoms with Gasteiger partial charge in [-0.1, -0.05) is 0 Å². The van der Waals surface area contributed by atoms with E-state index >= 15 is 0 Å². The molecule has 1 fully saturated rings. The maximum atomic E-state index is 5.81. The van der Waals surface area contributed by atoms with Gasteiger partial charge in [0.15, 0.2) is 0 Å². The fourth-order valence-electron chi connectivity index (χ4n) is 1.65. The summed E-state index contributed by atoms with van der Waals surface area (Å²) in [5.74, 6) is 0.922. The summed E-state index contributed by atoms with van der Waals surface area (Å²) in [5.41, 5.74) is 6.37. The van der Waals surface area contributed by atoms with Gasteiger partial charge in [-0.05, 0) is 56.5 Å². The molecule has 0 radical (unpaired) electrons. The molecule has 0 bridgehead atoms. The Balaban J connectivity index is 0.000000606. The number of thiol groups is 1. The van der Waals surface area contributed by atoms with Gasteiger partial charge < -0.3 is 15.8 Å². The zero-order chi connectivity index (χ0) is 11.8. The highest BCUT2D eigenvalue weighted by Gasteiger charge is 2.13. The van der Waals surface area contributed by atoms with Crippen LogP contribution in [0.1, 0.15) is 12.8 Å². The molecule has 1 aromatic rings. The van der Waals surface area contributed by atoms with E-state index in [1.807, 2.05) is 24.3 Å². The van der Waals surface area contributed by atoms with Crippen LogP contribution in [-0.2, 0) is 0 Å². The lowest BCUT2D eigenvalue weighted by molar-refractivity contribution is 0.162. The molecule has 16 heavy (non-hydrogen) atoms. The molecule has 0 aliphatic carbocycles. The van der Waals surface area contributed by atoms with Crippen molar-refractivity contribution in [2.75, 3.05) is 25.1 Å². The molecule has 4 heteroatoms. The van der Waals surface area contributed by atoms with Crippen LogP contribution in [0.3, 0.4) is 0 Å². The van der Waals surface area contributed by atoms with Gasteiger partial charge in [0.1, 0.15) is 11.9 Å². The number of hydrogen-bond donors (Lipinski definition) is 3. The molecule has 0 aromatic heterocycles. The summed E-state index contributed by atoms with van der Waals surface area (Å²) < 4.78 is 5.81. The molecular formula is C12H20N2OS. The largest absolute Gasteiger partial charge is 0.490 e. The smallest absolute Gasteiger partial charge is 0.119 e. The zero-order valence-electron chi connectivity index (χ0n) is 9.65. The Hall–Kier alpha value is -0.870. The number of ether oxygens (including phenoxy) is 1. The van der Waals surface area contributed by atoms with Gasteiger partial charge in [0.25, 0.3) is 0 Å². The normalized spacial score (nSPS) is 16.1. The summed E-state index contributed by atoms with van der Waals surface area (Å²) in [5, 5.41) is 3.31. The molecule has 1 saturated heterocycles. The summed E-state index contributed by atoms with van der Waals surface area (Å²) >= 11 is 3.53. The summed E-state index contributed by atoms with van der Waals surface area (Å²) in [4.78, 5) is 0. The third kappa shape index (κ3) is 4.33. The van der Waals surface area contributed by atoms with Crippen molar-refractivity contribution >= 4 is 18.3 Å². The van der Waals surface area contributed by atoms with Gasteiger partial charge in [-0.3, -0.25) is 0 Å². The number of nitrogens with one attached hydrogen (secondary N) is 1. The van der Waals surface area contributed by atoms with Gasteiger partial charge in [0.2, 0.25) is 0 Å². The molecular weight excluding hydrogens is 220 g/mol. The van der Waals surface area contributed by atoms with Crippen LogP contribution in [0.5, 0.6) is 5.75 Å². The Morgan fingerprint density at radius 2 is 1.75 bits per heavy atom. The van der Waals surface area contributed by atoms with Crippen LogP contribution in [0, 0.1) is 0 Å². The molecule has 1 aliphatic heterocycles. The summed E-state index contributed by atoms with van der Waals surface area (Å²) in [7, 11) is 0. The average molecular weight is 240 g/mol. The van der Waals surface area contributed by atoms with E-state index in [0.29, 0.717) is 6.10 Å². The second-order valence-electron chi connectivity index (χ2n) is 3.64. The fourth-order valence-corrected chi connectivity index (χ4v) is 1.65. The summed E-state index contributed by atoms with van der Waals surface area (Å²) in [6, 6.07) is 7.60. The molecule has 0 saturated carbocycles. The Labute approximate surface area is 103 Å². The van der Waals surface area contributed by atoms with E-state index in [-0.39, 0.29) is 0 Å². The Morgan fingerprint density at radius 1 is 1.19 bits per heavy atom. The summed E-state index contributed by atoms with van der Waals surface area (Å²) in [6.45, 7) is 2.11. The topological polar surface area (TPSA) is 47.3 Å². The second kappa shape index (κ2) is 7.41. The lowest BCUT2D eigenvalue weighted by Crippen LogP contribution is -2.34. The van der Waals surface area contributed by atoms with E-state index in [1.165, 1.54) is 0 Å². The number of hydrogen-bond acceptors (Lipinski definition) is 4. The lowest BCUT2D eigenvalue weighted by atomic mass is 10.1. The van der Waals surface area contributed by atoms with Crippen molar-refractivity contribution < 1.29 is 4.74 Å². The predicted molar refractivity (Wildman–Crippen MR) is 72.3 cm³/mol. The Morgan fingerprint density at radius 3 is 2.31 bits per heavy atom. The summed E-state index contributed by atoms with van der Waals surface area (Å²) in [6.07, 6.45) is 4.23. The predicted octanol–water partition coefficient (Wildman–Crippen LogP) is 1.95. The molecule has 1 aliphatic rings. The maximum absolute atomic E-state index is 5.81. The van der Waals surface area contributed by atoms with Crippen molar-refractivity contribution in [1.82, 2.24) is 5.32 Å². The van der Waals surface area contributed by atoms with Gasteiger partial charge in [-0.25, -0.2) is 0 Å². The molecule has 1 aromatic carbocycles. The molecule has 0 amide bonds. The molecule has 0 spiro atoms. The highest BCUT2D eigenvalue weighted by Crippen LogP contribution is 2.17. The van der Waals surface area contributed by atoms with Gasteiger partial charge in [-0.15, -0.1) is 0 Å². The fraction of sp³-hybridized carbons (Fsp3) is 0.500. The number of rotatable bonds is 2. The second-order valence-corrected chi connectivity index (χ2v) is 3.64. The standard InChI is InChI=1S/C11H16N2O.CH4S/c12-9-1-3-10(4-2-9)14-11-5-7-13-8-6-11;1-2/h1-4,11,13H,5-8,12H2;2H,1H3. The van der Waals surface area contributed by atoms with Gasteiger partial charge in [0.05, 0.1) is 0 Å². The molecule has 3 nitrogen and oxygen atoms in total. The maximum Gasteiger partial charge on any atom is 0.119 e. The highest BCUT2D eigenvalue weighted by molar-refractivity contribution is 7.79. The Kier molecular flexibility index (Phi) is 6.11. The van der Waals surface area contributed by atoms with E-state index in [9.17, 15) is 0 Å². The van der Waals surface area contributed by atoms with E-state index in [2.05, 4.69) is 17.9 Å². The van der Waals surface area contributed by atoms with Crippen molar-refractivity contribution in [2.24, 2.45) is 0 Å². The van der Waals surface area contributed by atoms with E-state index in [0.717, 1.165) is 37.4 Å². The van der Waals surface area contributed by atoms with E-state index in [4.69, 9.17) is 10.5 Å². The molecule has 0 unspecified atom stereocenters. The van der Waals surface area contributed by atoms with Crippen molar-refractivity contribution in [3.63, 3.8) is 0 Å². The lowest BCUT2D eigenvalue weighted by Gasteiger charge is -2.23. The van der Waals surface area contributed by atoms with Crippen molar-refractivity contribution in [3.8, 4) is 5.75 Å². The van der Waals surface area contributed by atoms with Crippen LogP contribution in [-0.4, -0.2) is 25.4 Å². The van der Waals surface area contributed by atoms with Crippen LogP contribution in [0.2, 0.25) is 0 Å². The van der Waals surface area contributed by atoms with Crippen LogP contribution >= 0.6 is 12.6 Å². The molecule has 0 atom stereocenters. The third-order valence-corrected chi connectivity index (χ3v) is 2.47. The van der Waals surface area contributed by atoms with Crippen LogP contribution in [0.4, 0.5) is 5.69 Å². The average Bonchev–Trinajstić information content (AvgIpc) is 2.36. The quantitative estimate of drug-likeness (QED) is 0.547. The first kappa shape index (κ1) is 13.2. The number of benzene rings is 1. The van der Waals surface area contributed by atoms with Crippen LogP contribution in [0.15, 0.2) is 24.3 Å². The van der Waals surface area contributed by atoms with Crippen molar-refractivity contribution in [3.05, 3.63) is 24.3 Å². The van der Waals surface area contributed by atoms with Crippen molar-refractivity contribution in [2.45, 2.75) is 18.9 Å². The minimum atomic E-state index is 0.361. The minimum absolute atomic E-state index is 0.361. The number of piperidine rings is 1. The number of nitrogen functional groups attached to an aromatic ring is 1.